The Morgan fingerprint density at radius 1 is 1.12 bits per heavy atom. The highest BCUT2D eigenvalue weighted by atomic mass is 19.4. The minimum Gasteiger partial charge on any atom is -0.364 e. The highest BCUT2D eigenvalue weighted by Gasteiger charge is 2.75. The van der Waals surface area contributed by atoms with Gasteiger partial charge in [-0.05, 0) is 42.4 Å². The van der Waals surface area contributed by atoms with Gasteiger partial charge in [0.05, 0.1) is 42.1 Å². The van der Waals surface area contributed by atoms with Crippen LogP contribution in [0.3, 0.4) is 0 Å². The number of carbonyl (C=O) groups excluding carboxylic acids is 1. The van der Waals surface area contributed by atoms with Crippen molar-refractivity contribution < 1.29 is 22.4 Å². The molecule has 2 aromatic heterocycles. The van der Waals surface area contributed by atoms with Crippen molar-refractivity contribution in [1.29, 1.82) is 0 Å². The first kappa shape index (κ1) is 20.1. The van der Waals surface area contributed by atoms with E-state index in [2.05, 4.69) is 25.5 Å². The van der Waals surface area contributed by atoms with Crippen molar-refractivity contribution in [3.63, 3.8) is 0 Å². The van der Waals surface area contributed by atoms with Gasteiger partial charge in [-0.3, -0.25) is 4.79 Å². The molecule has 0 radical (unpaired) electrons. The van der Waals surface area contributed by atoms with Crippen LogP contribution in [0.25, 0.3) is 5.69 Å². The summed E-state index contributed by atoms with van der Waals surface area (Å²) >= 11 is 0. The third-order valence-corrected chi connectivity index (χ3v) is 6.96. The van der Waals surface area contributed by atoms with E-state index >= 15 is 0 Å². The van der Waals surface area contributed by atoms with Crippen LogP contribution in [0, 0.1) is 17.2 Å². The molecule has 1 amide bonds. The maximum atomic E-state index is 14.1. The van der Waals surface area contributed by atoms with Gasteiger partial charge in [0.1, 0.15) is 11.6 Å². The number of rotatable bonds is 4. The fraction of sp³-hybridized carbons (Fsp3) is 0.381. The van der Waals surface area contributed by atoms with Gasteiger partial charge in [0.2, 0.25) is 0 Å². The van der Waals surface area contributed by atoms with Gasteiger partial charge in [-0.25, -0.2) is 14.4 Å². The lowest BCUT2D eigenvalue weighted by atomic mass is 9.71. The standard InChI is InChI=1S/C21H17F4N7O/c22-12-1-2-15(32-28-3-4-29-32)13(5-12)19(33)31-10-11-6-20(11)7-14(18(20)31)30-17-9-26-16(8-27-17)21(23,24)25/h1-5,8-9,11,14,18H,6-7,10H2,(H,27,30). The number of likely N-dealkylation sites (tertiary alicyclic amines) is 1. The normalized spacial score (nSPS) is 27.5. The predicted octanol–water partition coefficient (Wildman–Crippen LogP) is 2.93. The molecular weight excluding hydrogens is 442 g/mol. The summed E-state index contributed by atoms with van der Waals surface area (Å²) in [5.41, 5.74) is -0.533. The molecule has 170 valence electrons. The first-order valence-corrected chi connectivity index (χ1v) is 10.4. The molecule has 8 nitrogen and oxygen atoms in total. The smallest absolute Gasteiger partial charge is 0.364 e. The van der Waals surface area contributed by atoms with E-state index in [0.717, 1.165) is 19.0 Å². The second-order valence-electron chi connectivity index (χ2n) is 8.76. The Labute approximate surface area is 184 Å². The summed E-state index contributed by atoms with van der Waals surface area (Å²) in [5.74, 6) is -0.297. The quantitative estimate of drug-likeness (QED) is 0.604. The maximum absolute atomic E-state index is 14.1. The van der Waals surface area contributed by atoms with Crippen molar-refractivity contribution in [3.8, 4) is 5.69 Å². The molecule has 3 aromatic rings. The van der Waals surface area contributed by atoms with Crippen LogP contribution in [0.15, 0.2) is 43.0 Å². The molecule has 2 aliphatic carbocycles. The molecule has 1 N–H and O–H groups in total. The molecule has 3 heterocycles. The van der Waals surface area contributed by atoms with Crippen molar-refractivity contribution in [3.05, 3.63) is 60.1 Å². The van der Waals surface area contributed by atoms with E-state index in [1.54, 1.807) is 4.90 Å². The van der Waals surface area contributed by atoms with Gasteiger partial charge in [-0.2, -0.15) is 28.2 Å². The zero-order chi connectivity index (χ0) is 23.0. The predicted molar refractivity (Wildman–Crippen MR) is 106 cm³/mol. The maximum Gasteiger partial charge on any atom is 0.434 e. The minimum atomic E-state index is -4.56. The molecule has 2 saturated carbocycles. The summed E-state index contributed by atoms with van der Waals surface area (Å²) in [5, 5.41) is 11.2. The second-order valence-corrected chi connectivity index (χ2v) is 8.76. The van der Waals surface area contributed by atoms with Crippen LogP contribution in [-0.4, -0.2) is 54.4 Å². The molecule has 1 aliphatic heterocycles. The Kier molecular flexibility index (Phi) is 4.08. The number of alkyl halides is 3. The van der Waals surface area contributed by atoms with Crippen LogP contribution in [0.2, 0.25) is 0 Å². The number of piperidine rings is 1. The number of carbonyl (C=O) groups is 1. The SMILES string of the molecule is O=C(c1cc(F)ccc1-n1nccn1)N1CC2CC23CC(Nc2cnc(C(F)(F)F)cn2)C13. The van der Waals surface area contributed by atoms with Crippen LogP contribution >= 0.6 is 0 Å². The number of nitrogens with one attached hydrogen (secondary N) is 1. The van der Waals surface area contributed by atoms with E-state index in [9.17, 15) is 22.4 Å². The monoisotopic (exact) mass is 459 g/mol. The molecule has 1 saturated heterocycles. The number of aromatic nitrogens is 5. The first-order chi connectivity index (χ1) is 15.8. The van der Waals surface area contributed by atoms with Crippen LogP contribution < -0.4 is 5.32 Å². The Morgan fingerprint density at radius 3 is 2.61 bits per heavy atom. The van der Waals surface area contributed by atoms with Gasteiger partial charge in [-0.1, -0.05) is 0 Å². The molecule has 3 aliphatic rings. The Bertz CT molecular complexity index is 1230. The van der Waals surface area contributed by atoms with Crippen molar-refractivity contribution in [2.45, 2.75) is 31.1 Å². The van der Waals surface area contributed by atoms with E-state index in [-0.39, 0.29) is 34.8 Å². The number of nitrogens with zero attached hydrogens (tertiary/aromatic N) is 6. The van der Waals surface area contributed by atoms with Gasteiger partial charge < -0.3 is 10.2 Å². The average Bonchev–Trinajstić information content (AvgIpc) is 3.14. The minimum absolute atomic E-state index is 0.00407. The molecule has 4 unspecified atom stereocenters. The first-order valence-electron chi connectivity index (χ1n) is 10.4. The molecule has 0 bridgehead atoms. The summed E-state index contributed by atoms with van der Waals surface area (Å²) < 4.78 is 52.3. The van der Waals surface area contributed by atoms with E-state index in [0.29, 0.717) is 24.3 Å². The molecule has 6 rings (SSSR count). The van der Waals surface area contributed by atoms with Crippen LogP contribution in [0.1, 0.15) is 28.9 Å². The Hall–Kier alpha value is -3.57. The largest absolute Gasteiger partial charge is 0.434 e. The van der Waals surface area contributed by atoms with Crippen molar-refractivity contribution >= 4 is 11.7 Å². The highest BCUT2D eigenvalue weighted by molar-refractivity contribution is 5.98. The number of anilines is 1. The molecule has 33 heavy (non-hydrogen) atoms. The van der Waals surface area contributed by atoms with Gasteiger partial charge in [0.25, 0.3) is 5.91 Å². The fourth-order valence-corrected chi connectivity index (χ4v) is 5.45. The van der Waals surface area contributed by atoms with E-state index in [1.807, 2.05) is 0 Å². The molecule has 1 aromatic carbocycles. The van der Waals surface area contributed by atoms with Gasteiger partial charge in [-0.15, -0.1) is 0 Å². The number of hydrogen-bond acceptors (Lipinski definition) is 6. The fourth-order valence-electron chi connectivity index (χ4n) is 5.45. The lowest BCUT2D eigenvalue weighted by molar-refractivity contribution is -0.141. The van der Waals surface area contributed by atoms with Crippen molar-refractivity contribution in [2.75, 3.05) is 11.9 Å². The zero-order valence-corrected chi connectivity index (χ0v) is 17.0. The summed E-state index contributed by atoms with van der Waals surface area (Å²) in [4.78, 5) is 23.8. The van der Waals surface area contributed by atoms with Crippen molar-refractivity contribution in [1.82, 2.24) is 29.9 Å². The average molecular weight is 459 g/mol. The van der Waals surface area contributed by atoms with E-state index in [4.69, 9.17) is 0 Å². The topological polar surface area (TPSA) is 88.8 Å². The Morgan fingerprint density at radius 2 is 1.91 bits per heavy atom. The van der Waals surface area contributed by atoms with Crippen molar-refractivity contribution in [2.24, 2.45) is 11.3 Å². The molecule has 12 heteroatoms. The molecule has 4 atom stereocenters. The molecule has 1 spiro atoms. The summed E-state index contributed by atoms with van der Waals surface area (Å²) in [6.07, 6.45) is 1.88. The Balaban J connectivity index is 1.26. The number of amides is 1. The molecular formula is C21H17F4N7O. The van der Waals surface area contributed by atoms with Crippen LogP contribution in [-0.2, 0) is 6.18 Å². The summed E-state index contributed by atoms with van der Waals surface area (Å²) in [7, 11) is 0. The summed E-state index contributed by atoms with van der Waals surface area (Å²) in [6.45, 7) is 0.545. The second kappa shape index (κ2) is 6.72. The third-order valence-electron chi connectivity index (χ3n) is 6.96. The highest BCUT2D eigenvalue weighted by Crippen LogP contribution is 2.71. The lowest BCUT2D eigenvalue weighted by Crippen LogP contribution is -2.60. The van der Waals surface area contributed by atoms with E-state index < -0.39 is 17.7 Å². The van der Waals surface area contributed by atoms with Gasteiger partial charge in [0.15, 0.2) is 5.69 Å². The number of halogens is 4. The summed E-state index contributed by atoms with van der Waals surface area (Å²) in [6, 6.07) is 3.53. The number of benzene rings is 1. The zero-order valence-electron chi connectivity index (χ0n) is 17.0. The van der Waals surface area contributed by atoms with Crippen LogP contribution in [0.4, 0.5) is 23.4 Å². The lowest BCUT2D eigenvalue weighted by Gasteiger charge is -2.48. The van der Waals surface area contributed by atoms with Crippen LogP contribution in [0.5, 0.6) is 0 Å². The molecule has 3 fully saturated rings. The van der Waals surface area contributed by atoms with E-state index in [1.165, 1.54) is 35.4 Å². The van der Waals surface area contributed by atoms with Gasteiger partial charge in [0, 0.05) is 12.6 Å². The van der Waals surface area contributed by atoms with Gasteiger partial charge >= 0.3 is 6.18 Å². The third kappa shape index (κ3) is 3.07. The number of hydrogen-bond donors (Lipinski definition) is 1.